The molecule has 0 amide bonds. The summed E-state index contributed by atoms with van der Waals surface area (Å²) in [5.74, 6) is 0.0436. The van der Waals surface area contributed by atoms with E-state index in [1.807, 2.05) is 6.92 Å². The predicted molar refractivity (Wildman–Crippen MR) is 73.6 cm³/mol. The third kappa shape index (κ3) is 2.97. The Morgan fingerprint density at radius 2 is 2.29 bits per heavy atom. The van der Waals surface area contributed by atoms with Gasteiger partial charge in [0, 0.05) is 11.6 Å². The first-order valence-corrected chi connectivity index (χ1v) is 6.48. The van der Waals surface area contributed by atoms with Crippen LogP contribution in [0.2, 0.25) is 0 Å². The molecule has 3 aromatic rings. The second kappa shape index (κ2) is 5.45. The molecule has 2 aromatic heterocycles. The number of oxazole rings is 1. The fourth-order valence-electron chi connectivity index (χ4n) is 1.90. The molecule has 0 spiro atoms. The number of hydrogen-bond acceptors (Lipinski definition) is 5. The van der Waals surface area contributed by atoms with E-state index in [2.05, 4.69) is 15.3 Å². The van der Waals surface area contributed by atoms with Gasteiger partial charge in [0.15, 0.2) is 0 Å². The second-order valence-electron chi connectivity index (χ2n) is 4.78. The van der Waals surface area contributed by atoms with Gasteiger partial charge in [0.1, 0.15) is 17.8 Å². The first-order chi connectivity index (χ1) is 10.1. The molecule has 6 nitrogen and oxygen atoms in total. The van der Waals surface area contributed by atoms with E-state index in [9.17, 15) is 4.39 Å². The van der Waals surface area contributed by atoms with E-state index in [0.717, 1.165) is 0 Å². The summed E-state index contributed by atoms with van der Waals surface area (Å²) in [6, 6.07) is 5.93. The molecule has 2 heterocycles. The minimum Gasteiger partial charge on any atom is -0.444 e. The first-order valence-electron chi connectivity index (χ1n) is 6.48. The lowest BCUT2D eigenvalue weighted by Crippen LogP contribution is -2.05. The van der Waals surface area contributed by atoms with Gasteiger partial charge in [0.05, 0.1) is 18.4 Å². The molecule has 0 aliphatic heterocycles. The normalized spacial score (nSPS) is 12.5. The number of aromatic nitrogens is 4. The Morgan fingerprint density at radius 1 is 1.43 bits per heavy atom. The van der Waals surface area contributed by atoms with Crippen molar-refractivity contribution in [2.45, 2.75) is 19.5 Å². The standard InChI is InChI=1S/C14H14FN5O/c1-9(16)13-7-20(19-18-13)6-12-8-21-14(17-12)10-3-2-4-11(15)5-10/h2-5,7-9H,6,16H2,1H3. The molecule has 108 valence electrons. The number of benzene rings is 1. The average molecular weight is 287 g/mol. The van der Waals surface area contributed by atoms with Crippen molar-refractivity contribution in [2.24, 2.45) is 5.73 Å². The van der Waals surface area contributed by atoms with Crippen molar-refractivity contribution in [3.8, 4) is 11.5 Å². The summed E-state index contributed by atoms with van der Waals surface area (Å²) in [6.45, 7) is 2.26. The van der Waals surface area contributed by atoms with Crippen LogP contribution in [0.1, 0.15) is 24.4 Å². The van der Waals surface area contributed by atoms with Crippen LogP contribution in [0.5, 0.6) is 0 Å². The van der Waals surface area contributed by atoms with E-state index in [4.69, 9.17) is 10.2 Å². The summed E-state index contributed by atoms with van der Waals surface area (Å²) in [7, 11) is 0. The maximum absolute atomic E-state index is 13.2. The first kappa shape index (κ1) is 13.4. The molecule has 1 aromatic carbocycles. The van der Waals surface area contributed by atoms with Gasteiger partial charge in [0.2, 0.25) is 5.89 Å². The molecular formula is C14H14FN5O. The van der Waals surface area contributed by atoms with Gasteiger partial charge in [-0.1, -0.05) is 11.3 Å². The quantitative estimate of drug-likeness (QED) is 0.795. The van der Waals surface area contributed by atoms with Crippen LogP contribution in [-0.4, -0.2) is 20.0 Å². The Labute approximate surface area is 120 Å². The molecule has 1 unspecified atom stereocenters. The highest BCUT2D eigenvalue weighted by Crippen LogP contribution is 2.19. The van der Waals surface area contributed by atoms with E-state index in [0.29, 0.717) is 29.4 Å². The number of nitrogens with zero attached hydrogens (tertiary/aromatic N) is 4. The van der Waals surface area contributed by atoms with Gasteiger partial charge in [-0.15, -0.1) is 5.10 Å². The molecule has 0 radical (unpaired) electrons. The van der Waals surface area contributed by atoms with Crippen molar-refractivity contribution in [3.63, 3.8) is 0 Å². The lowest BCUT2D eigenvalue weighted by molar-refractivity contribution is 0.566. The second-order valence-corrected chi connectivity index (χ2v) is 4.78. The highest BCUT2D eigenvalue weighted by molar-refractivity contribution is 5.52. The molecule has 1 atom stereocenters. The number of rotatable bonds is 4. The Balaban J connectivity index is 1.78. The molecule has 0 bridgehead atoms. The summed E-state index contributed by atoms with van der Waals surface area (Å²) < 4.78 is 20.2. The summed E-state index contributed by atoms with van der Waals surface area (Å²) >= 11 is 0. The smallest absolute Gasteiger partial charge is 0.226 e. The number of nitrogens with two attached hydrogens (primary N) is 1. The van der Waals surface area contributed by atoms with Crippen molar-refractivity contribution in [1.82, 2.24) is 20.0 Å². The Morgan fingerprint density at radius 3 is 3.00 bits per heavy atom. The van der Waals surface area contributed by atoms with E-state index in [1.54, 1.807) is 23.0 Å². The fraction of sp³-hybridized carbons (Fsp3) is 0.214. The van der Waals surface area contributed by atoms with Crippen molar-refractivity contribution in [3.05, 3.63) is 53.9 Å². The van der Waals surface area contributed by atoms with Crippen LogP contribution in [-0.2, 0) is 6.54 Å². The zero-order valence-corrected chi connectivity index (χ0v) is 11.4. The maximum Gasteiger partial charge on any atom is 0.226 e. The minimum absolute atomic E-state index is 0.168. The van der Waals surface area contributed by atoms with Gasteiger partial charge < -0.3 is 10.2 Å². The average Bonchev–Trinajstić information content (AvgIpc) is 3.08. The van der Waals surface area contributed by atoms with Crippen LogP contribution in [0.15, 0.2) is 41.1 Å². The van der Waals surface area contributed by atoms with E-state index in [-0.39, 0.29) is 11.9 Å². The molecule has 0 aliphatic rings. The summed E-state index contributed by atoms with van der Waals surface area (Å²) in [5, 5.41) is 7.94. The van der Waals surface area contributed by atoms with Gasteiger partial charge in [-0.25, -0.2) is 14.1 Å². The third-order valence-corrected chi connectivity index (χ3v) is 2.97. The van der Waals surface area contributed by atoms with Crippen molar-refractivity contribution in [2.75, 3.05) is 0 Å². The largest absolute Gasteiger partial charge is 0.444 e. The van der Waals surface area contributed by atoms with Crippen LogP contribution >= 0.6 is 0 Å². The lowest BCUT2D eigenvalue weighted by atomic mass is 10.2. The van der Waals surface area contributed by atoms with Crippen LogP contribution < -0.4 is 5.73 Å². The SMILES string of the molecule is CC(N)c1cn(Cc2coc(-c3cccc(F)c3)n2)nn1. The molecule has 2 N–H and O–H groups in total. The Bertz CT molecular complexity index is 749. The van der Waals surface area contributed by atoms with E-state index >= 15 is 0 Å². The molecular weight excluding hydrogens is 273 g/mol. The summed E-state index contributed by atoms with van der Waals surface area (Å²) in [4.78, 5) is 4.32. The fourth-order valence-corrected chi connectivity index (χ4v) is 1.90. The Hall–Kier alpha value is -2.54. The van der Waals surface area contributed by atoms with E-state index < -0.39 is 0 Å². The molecule has 0 saturated carbocycles. The van der Waals surface area contributed by atoms with Crippen LogP contribution in [0.4, 0.5) is 4.39 Å². The maximum atomic E-state index is 13.2. The van der Waals surface area contributed by atoms with Crippen molar-refractivity contribution >= 4 is 0 Å². The summed E-state index contributed by atoms with van der Waals surface area (Å²) in [5.41, 5.74) is 7.71. The summed E-state index contributed by atoms with van der Waals surface area (Å²) in [6.07, 6.45) is 3.29. The molecule has 21 heavy (non-hydrogen) atoms. The zero-order valence-electron chi connectivity index (χ0n) is 11.4. The molecule has 7 heteroatoms. The van der Waals surface area contributed by atoms with Gasteiger partial charge in [0.25, 0.3) is 0 Å². The molecule has 0 saturated heterocycles. The highest BCUT2D eigenvalue weighted by Gasteiger charge is 2.10. The van der Waals surface area contributed by atoms with Crippen LogP contribution in [0.25, 0.3) is 11.5 Å². The number of halogens is 1. The molecule has 0 fully saturated rings. The number of hydrogen-bond donors (Lipinski definition) is 1. The van der Waals surface area contributed by atoms with E-state index in [1.165, 1.54) is 18.4 Å². The zero-order chi connectivity index (χ0) is 14.8. The molecule has 3 rings (SSSR count). The van der Waals surface area contributed by atoms with Gasteiger partial charge >= 0.3 is 0 Å². The monoisotopic (exact) mass is 287 g/mol. The van der Waals surface area contributed by atoms with Gasteiger partial charge in [-0.05, 0) is 25.1 Å². The van der Waals surface area contributed by atoms with Crippen molar-refractivity contribution < 1.29 is 8.81 Å². The van der Waals surface area contributed by atoms with Crippen molar-refractivity contribution in [1.29, 1.82) is 0 Å². The lowest BCUT2D eigenvalue weighted by Gasteiger charge is -1.97. The van der Waals surface area contributed by atoms with Gasteiger partial charge in [-0.3, -0.25) is 0 Å². The third-order valence-electron chi connectivity index (χ3n) is 2.97. The topological polar surface area (TPSA) is 82.8 Å². The predicted octanol–water partition coefficient (Wildman–Crippen LogP) is 2.14. The Kier molecular flexibility index (Phi) is 3.49. The molecule has 0 aliphatic carbocycles. The minimum atomic E-state index is -0.329. The van der Waals surface area contributed by atoms with Crippen LogP contribution in [0.3, 0.4) is 0 Å². The highest BCUT2D eigenvalue weighted by atomic mass is 19.1. The van der Waals surface area contributed by atoms with Crippen LogP contribution in [0, 0.1) is 5.82 Å². The van der Waals surface area contributed by atoms with Gasteiger partial charge in [-0.2, -0.15) is 0 Å².